The first-order chi connectivity index (χ1) is 12.8. The SMILES string of the molecule is COc1ccc2c(c1)-c1c(ccn1C[C@@H](C)N)CC2.O=C(O)C=CC(=O)O. The topological polar surface area (TPSA) is 115 Å². The van der Waals surface area contributed by atoms with E-state index in [1.807, 2.05) is 13.0 Å². The van der Waals surface area contributed by atoms with E-state index in [-0.39, 0.29) is 6.04 Å². The number of aryl methyl sites for hydroxylation is 2. The molecule has 0 bridgehead atoms. The van der Waals surface area contributed by atoms with Gasteiger partial charge in [-0.1, -0.05) is 6.07 Å². The van der Waals surface area contributed by atoms with E-state index in [9.17, 15) is 9.59 Å². The number of aromatic nitrogens is 1. The van der Waals surface area contributed by atoms with Gasteiger partial charge < -0.3 is 25.3 Å². The van der Waals surface area contributed by atoms with Crippen molar-refractivity contribution in [3.63, 3.8) is 0 Å². The molecule has 0 fully saturated rings. The molecule has 1 aliphatic rings. The zero-order valence-electron chi connectivity index (χ0n) is 15.4. The van der Waals surface area contributed by atoms with Crippen molar-refractivity contribution >= 4 is 11.9 Å². The minimum absolute atomic E-state index is 0.160. The summed E-state index contributed by atoms with van der Waals surface area (Å²) in [7, 11) is 1.71. The van der Waals surface area contributed by atoms with Crippen molar-refractivity contribution in [3.05, 3.63) is 53.7 Å². The molecular formula is C20H24N2O5. The first kappa shape index (κ1) is 20.3. The molecule has 3 rings (SSSR count). The normalized spacial score (nSPS) is 13.1. The van der Waals surface area contributed by atoms with E-state index < -0.39 is 11.9 Å². The highest BCUT2D eigenvalue weighted by molar-refractivity contribution is 5.89. The van der Waals surface area contributed by atoms with Crippen molar-refractivity contribution in [2.45, 2.75) is 32.4 Å². The van der Waals surface area contributed by atoms with Crippen LogP contribution < -0.4 is 10.5 Å². The molecule has 0 saturated heterocycles. The molecule has 0 saturated carbocycles. The fraction of sp³-hybridized carbons (Fsp3) is 0.300. The zero-order chi connectivity index (χ0) is 20.0. The second kappa shape index (κ2) is 9.05. The Hall–Kier alpha value is -3.06. The Labute approximate surface area is 157 Å². The number of ether oxygens (including phenoxy) is 1. The van der Waals surface area contributed by atoms with Crippen molar-refractivity contribution in [1.29, 1.82) is 0 Å². The lowest BCUT2D eigenvalue weighted by molar-refractivity contribution is -0.134. The molecule has 7 heteroatoms. The Bertz CT molecular complexity index is 836. The van der Waals surface area contributed by atoms with Gasteiger partial charge in [0.25, 0.3) is 0 Å². The summed E-state index contributed by atoms with van der Waals surface area (Å²) >= 11 is 0. The minimum Gasteiger partial charge on any atom is -0.497 e. The number of carboxylic acid groups (broad SMARTS) is 2. The number of nitrogens with two attached hydrogens (primary N) is 1. The smallest absolute Gasteiger partial charge is 0.328 e. The van der Waals surface area contributed by atoms with Gasteiger partial charge in [0.1, 0.15) is 5.75 Å². The number of hydrogen-bond acceptors (Lipinski definition) is 4. The Morgan fingerprint density at radius 1 is 1.19 bits per heavy atom. The van der Waals surface area contributed by atoms with Gasteiger partial charge in [0.15, 0.2) is 0 Å². The standard InChI is InChI=1S/C16H20N2O.C4H4O4/c1-11(17)10-18-8-7-13-4-3-12-5-6-14(19-2)9-15(12)16(13)18;5-3(6)1-2-4(7)8/h5-9,11H,3-4,10,17H2,1-2H3;1-2H,(H,5,6)(H,7,8)/t11-;/m1./s1. The van der Waals surface area contributed by atoms with Crippen LogP contribution in [0.2, 0.25) is 0 Å². The number of carbonyl (C=O) groups is 2. The van der Waals surface area contributed by atoms with Gasteiger partial charge in [-0.2, -0.15) is 0 Å². The van der Waals surface area contributed by atoms with E-state index in [1.54, 1.807) is 7.11 Å². The summed E-state index contributed by atoms with van der Waals surface area (Å²) in [4.78, 5) is 19.1. The maximum Gasteiger partial charge on any atom is 0.328 e. The molecule has 0 radical (unpaired) electrons. The lowest BCUT2D eigenvalue weighted by Gasteiger charge is -2.21. The summed E-state index contributed by atoms with van der Waals surface area (Å²) in [6.45, 7) is 2.90. The van der Waals surface area contributed by atoms with Crippen molar-refractivity contribution in [2.24, 2.45) is 5.73 Å². The predicted octanol–water partition coefficient (Wildman–Crippen LogP) is 2.32. The van der Waals surface area contributed by atoms with E-state index in [2.05, 4.69) is 29.0 Å². The Kier molecular flexibility index (Phi) is 6.79. The number of hydrogen-bond donors (Lipinski definition) is 3. The van der Waals surface area contributed by atoms with Crippen LogP contribution in [0, 0.1) is 0 Å². The number of rotatable bonds is 5. The average Bonchev–Trinajstić information content (AvgIpc) is 3.02. The summed E-state index contributed by atoms with van der Waals surface area (Å²) in [5.74, 6) is -1.60. The van der Waals surface area contributed by atoms with Crippen LogP contribution in [0.3, 0.4) is 0 Å². The number of methoxy groups -OCH3 is 1. The molecule has 1 aromatic heterocycles. The quantitative estimate of drug-likeness (QED) is 0.694. The number of fused-ring (bicyclic) bond motifs is 3. The third kappa shape index (κ3) is 5.46. The number of carboxylic acids is 2. The average molecular weight is 372 g/mol. The van der Waals surface area contributed by atoms with Crippen LogP contribution in [0.1, 0.15) is 18.1 Å². The predicted molar refractivity (Wildman–Crippen MR) is 102 cm³/mol. The van der Waals surface area contributed by atoms with Gasteiger partial charge in [-0.25, -0.2) is 9.59 Å². The molecule has 0 aliphatic heterocycles. The van der Waals surface area contributed by atoms with Gasteiger partial charge in [-0.15, -0.1) is 0 Å². The minimum atomic E-state index is -1.26. The molecule has 0 spiro atoms. The molecule has 2 aromatic rings. The van der Waals surface area contributed by atoms with Gasteiger partial charge in [-0.3, -0.25) is 0 Å². The van der Waals surface area contributed by atoms with Gasteiger partial charge in [-0.05, 0) is 49.1 Å². The molecule has 0 amide bonds. The molecule has 1 aliphatic carbocycles. The van der Waals surface area contributed by atoms with Crippen LogP contribution in [0.5, 0.6) is 5.75 Å². The highest BCUT2D eigenvalue weighted by atomic mass is 16.5. The fourth-order valence-electron chi connectivity index (χ4n) is 3.04. The third-order valence-electron chi connectivity index (χ3n) is 4.14. The van der Waals surface area contributed by atoms with Crippen LogP contribution in [-0.4, -0.2) is 39.9 Å². The molecule has 1 aromatic carbocycles. The van der Waals surface area contributed by atoms with E-state index in [0.717, 1.165) is 25.1 Å². The number of benzene rings is 1. The lowest BCUT2D eigenvalue weighted by Crippen LogP contribution is -2.22. The second-order valence-corrected chi connectivity index (χ2v) is 6.35. The Morgan fingerprint density at radius 2 is 1.81 bits per heavy atom. The van der Waals surface area contributed by atoms with E-state index >= 15 is 0 Å². The third-order valence-corrected chi connectivity index (χ3v) is 4.14. The summed E-state index contributed by atoms with van der Waals surface area (Å²) in [6.07, 6.45) is 5.49. The van der Waals surface area contributed by atoms with Crippen molar-refractivity contribution < 1.29 is 24.5 Å². The first-order valence-corrected chi connectivity index (χ1v) is 8.56. The van der Waals surface area contributed by atoms with E-state index in [1.165, 1.54) is 22.4 Å². The van der Waals surface area contributed by atoms with Gasteiger partial charge in [0.05, 0.1) is 12.8 Å². The zero-order valence-corrected chi connectivity index (χ0v) is 15.4. The molecule has 144 valence electrons. The van der Waals surface area contributed by atoms with Gasteiger partial charge >= 0.3 is 11.9 Å². The van der Waals surface area contributed by atoms with Crippen LogP contribution in [0.25, 0.3) is 11.3 Å². The van der Waals surface area contributed by atoms with E-state index in [4.69, 9.17) is 20.7 Å². The Balaban J connectivity index is 0.000000279. The maximum absolute atomic E-state index is 9.55. The summed E-state index contributed by atoms with van der Waals surface area (Å²) in [6, 6.07) is 8.75. The molecule has 1 heterocycles. The maximum atomic E-state index is 9.55. The molecule has 0 unspecified atom stereocenters. The number of nitrogens with zero attached hydrogens (tertiary/aromatic N) is 1. The van der Waals surface area contributed by atoms with Crippen LogP contribution in [0.15, 0.2) is 42.6 Å². The molecule has 27 heavy (non-hydrogen) atoms. The van der Waals surface area contributed by atoms with Crippen molar-refractivity contribution in [2.75, 3.05) is 7.11 Å². The summed E-state index contributed by atoms with van der Waals surface area (Å²) in [5.41, 5.74) is 11.4. The van der Waals surface area contributed by atoms with Crippen LogP contribution >= 0.6 is 0 Å². The lowest BCUT2D eigenvalue weighted by atomic mass is 9.90. The second-order valence-electron chi connectivity index (χ2n) is 6.35. The molecule has 1 atom stereocenters. The molecule has 7 nitrogen and oxygen atoms in total. The highest BCUT2D eigenvalue weighted by Crippen LogP contribution is 2.36. The van der Waals surface area contributed by atoms with E-state index in [0.29, 0.717) is 12.2 Å². The number of aliphatic carboxylic acids is 2. The molecular weight excluding hydrogens is 348 g/mol. The van der Waals surface area contributed by atoms with Crippen LogP contribution in [0.4, 0.5) is 0 Å². The van der Waals surface area contributed by atoms with Gasteiger partial charge in [0.2, 0.25) is 0 Å². The largest absolute Gasteiger partial charge is 0.497 e. The Morgan fingerprint density at radius 3 is 2.37 bits per heavy atom. The summed E-state index contributed by atoms with van der Waals surface area (Å²) in [5, 5.41) is 15.6. The summed E-state index contributed by atoms with van der Waals surface area (Å²) < 4.78 is 7.63. The first-order valence-electron chi connectivity index (χ1n) is 8.56. The van der Waals surface area contributed by atoms with Crippen LogP contribution in [-0.2, 0) is 29.0 Å². The fourth-order valence-corrected chi connectivity index (χ4v) is 3.04. The highest BCUT2D eigenvalue weighted by Gasteiger charge is 2.20. The molecule has 4 N–H and O–H groups in total. The van der Waals surface area contributed by atoms with Crippen molar-refractivity contribution in [3.8, 4) is 17.0 Å². The van der Waals surface area contributed by atoms with Crippen molar-refractivity contribution in [1.82, 2.24) is 4.57 Å². The monoisotopic (exact) mass is 372 g/mol. The van der Waals surface area contributed by atoms with Gasteiger partial charge in [0, 0.05) is 36.5 Å².